The zero-order valence-corrected chi connectivity index (χ0v) is 9.80. The van der Waals surface area contributed by atoms with Crippen LogP contribution in [0.15, 0.2) is 47.1 Å². The Morgan fingerprint density at radius 2 is 2.06 bits per heavy atom. The van der Waals surface area contributed by atoms with Gasteiger partial charge in [0.1, 0.15) is 5.76 Å². The first-order valence-electron chi connectivity index (χ1n) is 5.66. The van der Waals surface area contributed by atoms with E-state index in [0.29, 0.717) is 12.1 Å². The van der Waals surface area contributed by atoms with E-state index in [1.807, 2.05) is 36.4 Å². The van der Waals surface area contributed by atoms with Crippen LogP contribution in [-0.4, -0.2) is 12.8 Å². The lowest BCUT2D eigenvalue weighted by Gasteiger charge is -2.23. The second kappa shape index (κ2) is 5.34. The fraction of sp³-hybridized carbons (Fsp3) is 0.214. The van der Waals surface area contributed by atoms with Crippen LogP contribution in [0.5, 0.6) is 0 Å². The lowest BCUT2D eigenvalue weighted by atomic mass is 10.1. The molecule has 0 amide bonds. The number of carbonyl (C=O) groups excluding carboxylic acids is 1. The molecule has 0 spiro atoms. The molecule has 2 rings (SSSR count). The Hall–Kier alpha value is -2.03. The SMILES string of the molecule is CCN(Cc1ccco1)c1ccccc1C=O. The molecule has 3 heteroatoms. The number of hydrogen-bond donors (Lipinski definition) is 0. The van der Waals surface area contributed by atoms with Gasteiger partial charge in [-0.3, -0.25) is 4.79 Å². The zero-order chi connectivity index (χ0) is 12.1. The molecule has 0 bridgehead atoms. The molecular formula is C14H15NO2. The molecule has 0 aliphatic heterocycles. The monoisotopic (exact) mass is 229 g/mol. The lowest BCUT2D eigenvalue weighted by molar-refractivity contribution is 0.112. The normalized spacial score (nSPS) is 10.2. The van der Waals surface area contributed by atoms with Gasteiger partial charge in [-0.15, -0.1) is 0 Å². The van der Waals surface area contributed by atoms with E-state index in [0.717, 1.165) is 24.3 Å². The smallest absolute Gasteiger partial charge is 0.152 e. The molecular weight excluding hydrogens is 214 g/mol. The van der Waals surface area contributed by atoms with Gasteiger partial charge in [-0.05, 0) is 31.2 Å². The maximum Gasteiger partial charge on any atom is 0.152 e. The number of para-hydroxylation sites is 1. The molecule has 1 aromatic carbocycles. The van der Waals surface area contributed by atoms with Gasteiger partial charge in [0.25, 0.3) is 0 Å². The van der Waals surface area contributed by atoms with Crippen LogP contribution >= 0.6 is 0 Å². The van der Waals surface area contributed by atoms with Crippen molar-refractivity contribution in [2.45, 2.75) is 13.5 Å². The Labute approximate surface area is 101 Å². The van der Waals surface area contributed by atoms with Crippen LogP contribution in [-0.2, 0) is 6.54 Å². The average molecular weight is 229 g/mol. The Bertz CT molecular complexity index is 477. The van der Waals surface area contributed by atoms with Crippen molar-refractivity contribution >= 4 is 12.0 Å². The van der Waals surface area contributed by atoms with E-state index >= 15 is 0 Å². The summed E-state index contributed by atoms with van der Waals surface area (Å²) in [5, 5.41) is 0. The summed E-state index contributed by atoms with van der Waals surface area (Å²) >= 11 is 0. The third-order valence-electron chi connectivity index (χ3n) is 2.71. The minimum Gasteiger partial charge on any atom is -0.467 e. The van der Waals surface area contributed by atoms with E-state index in [2.05, 4.69) is 11.8 Å². The van der Waals surface area contributed by atoms with Crippen molar-refractivity contribution in [3.05, 3.63) is 54.0 Å². The summed E-state index contributed by atoms with van der Waals surface area (Å²) in [6.45, 7) is 3.56. The van der Waals surface area contributed by atoms with Crippen molar-refractivity contribution in [1.29, 1.82) is 0 Å². The fourth-order valence-corrected chi connectivity index (χ4v) is 1.83. The predicted octanol–water partition coefficient (Wildman–Crippen LogP) is 3.12. The first-order chi connectivity index (χ1) is 8.35. The highest BCUT2D eigenvalue weighted by Crippen LogP contribution is 2.20. The molecule has 0 atom stereocenters. The average Bonchev–Trinajstić information content (AvgIpc) is 2.89. The molecule has 17 heavy (non-hydrogen) atoms. The molecule has 1 heterocycles. The summed E-state index contributed by atoms with van der Waals surface area (Å²) in [6, 6.07) is 11.4. The number of carbonyl (C=O) groups is 1. The second-order valence-electron chi connectivity index (χ2n) is 3.77. The van der Waals surface area contributed by atoms with E-state index < -0.39 is 0 Å². The minimum absolute atomic E-state index is 0.675. The number of furan rings is 1. The van der Waals surface area contributed by atoms with Crippen LogP contribution in [0.3, 0.4) is 0 Å². The topological polar surface area (TPSA) is 33.5 Å². The molecule has 0 N–H and O–H groups in total. The second-order valence-corrected chi connectivity index (χ2v) is 3.77. The quantitative estimate of drug-likeness (QED) is 0.738. The van der Waals surface area contributed by atoms with Crippen LogP contribution in [0, 0.1) is 0 Å². The van der Waals surface area contributed by atoms with Gasteiger partial charge in [0, 0.05) is 17.8 Å². The number of hydrogen-bond acceptors (Lipinski definition) is 3. The summed E-state index contributed by atoms with van der Waals surface area (Å²) in [4.78, 5) is 13.1. The van der Waals surface area contributed by atoms with Gasteiger partial charge in [0.05, 0.1) is 12.8 Å². The number of nitrogens with zero attached hydrogens (tertiary/aromatic N) is 1. The van der Waals surface area contributed by atoms with Crippen molar-refractivity contribution in [2.75, 3.05) is 11.4 Å². The lowest BCUT2D eigenvalue weighted by Crippen LogP contribution is -2.22. The van der Waals surface area contributed by atoms with Crippen LogP contribution in [0.1, 0.15) is 23.0 Å². The van der Waals surface area contributed by atoms with Gasteiger partial charge in [-0.1, -0.05) is 12.1 Å². The largest absolute Gasteiger partial charge is 0.467 e. The van der Waals surface area contributed by atoms with Crippen LogP contribution in [0.4, 0.5) is 5.69 Å². The molecule has 3 nitrogen and oxygen atoms in total. The Morgan fingerprint density at radius 1 is 1.24 bits per heavy atom. The van der Waals surface area contributed by atoms with Gasteiger partial charge in [0.15, 0.2) is 6.29 Å². The number of anilines is 1. The molecule has 0 aliphatic carbocycles. The molecule has 0 saturated heterocycles. The first-order valence-corrected chi connectivity index (χ1v) is 5.66. The highest BCUT2D eigenvalue weighted by molar-refractivity contribution is 5.84. The fourth-order valence-electron chi connectivity index (χ4n) is 1.83. The Balaban J connectivity index is 2.25. The predicted molar refractivity (Wildman–Crippen MR) is 67.3 cm³/mol. The van der Waals surface area contributed by atoms with Crippen LogP contribution in [0.25, 0.3) is 0 Å². The molecule has 0 unspecified atom stereocenters. The number of aldehydes is 1. The van der Waals surface area contributed by atoms with Crippen LogP contribution < -0.4 is 4.90 Å². The van der Waals surface area contributed by atoms with Gasteiger partial charge in [0.2, 0.25) is 0 Å². The maximum atomic E-state index is 11.0. The molecule has 0 aliphatic rings. The highest BCUT2D eigenvalue weighted by atomic mass is 16.3. The summed E-state index contributed by atoms with van der Waals surface area (Å²) < 4.78 is 5.33. The van der Waals surface area contributed by atoms with E-state index in [1.165, 1.54) is 0 Å². The summed E-state index contributed by atoms with van der Waals surface area (Å²) in [5.74, 6) is 0.896. The standard InChI is InChI=1S/C14H15NO2/c1-2-15(10-13-7-5-9-17-13)14-8-4-3-6-12(14)11-16/h3-9,11H,2,10H2,1H3. The van der Waals surface area contributed by atoms with Gasteiger partial charge in [-0.2, -0.15) is 0 Å². The molecule has 0 radical (unpaired) electrons. The number of rotatable bonds is 5. The minimum atomic E-state index is 0.675. The van der Waals surface area contributed by atoms with Crippen molar-refractivity contribution < 1.29 is 9.21 Å². The Morgan fingerprint density at radius 3 is 2.71 bits per heavy atom. The van der Waals surface area contributed by atoms with E-state index in [9.17, 15) is 4.79 Å². The third kappa shape index (κ3) is 2.56. The van der Waals surface area contributed by atoms with Gasteiger partial charge >= 0.3 is 0 Å². The van der Waals surface area contributed by atoms with Crippen molar-refractivity contribution in [3.63, 3.8) is 0 Å². The van der Waals surface area contributed by atoms with Crippen LogP contribution in [0.2, 0.25) is 0 Å². The molecule has 88 valence electrons. The third-order valence-corrected chi connectivity index (χ3v) is 2.71. The van der Waals surface area contributed by atoms with E-state index in [-0.39, 0.29) is 0 Å². The van der Waals surface area contributed by atoms with Crippen molar-refractivity contribution in [3.8, 4) is 0 Å². The molecule has 0 saturated carbocycles. The van der Waals surface area contributed by atoms with Crippen molar-refractivity contribution in [1.82, 2.24) is 0 Å². The van der Waals surface area contributed by atoms with E-state index in [4.69, 9.17) is 4.42 Å². The van der Waals surface area contributed by atoms with Crippen molar-refractivity contribution in [2.24, 2.45) is 0 Å². The summed E-state index contributed by atoms with van der Waals surface area (Å²) in [5.41, 5.74) is 1.65. The summed E-state index contributed by atoms with van der Waals surface area (Å²) in [7, 11) is 0. The highest BCUT2D eigenvalue weighted by Gasteiger charge is 2.10. The summed E-state index contributed by atoms with van der Waals surface area (Å²) in [6.07, 6.45) is 2.55. The maximum absolute atomic E-state index is 11.0. The van der Waals surface area contributed by atoms with Gasteiger partial charge < -0.3 is 9.32 Å². The van der Waals surface area contributed by atoms with E-state index in [1.54, 1.807) is 6.26 Å². The Kier molecular flexibility index (Phi) is 3.60. The molecule has 0 fully saturated rings. The zero-order valence-electron chi connectivity index (χ0n) is 9.80. The molecule has 2 aromatic rings. The van der Waals surface area contributed by atoms with Gasteiger partial charge in [-0.25, -0.2) is 0 Å². The number of benzene rings is 1. The molecule has 1 aromatic heterocycles. The first kappa shape index (κ1) is 11.5.